The lowest BCUT2D eigenvalue weighted by atomic mass is 10.2. The molecule has 1 heterocycles. The monoisotopic (exact) mass is 270 g/mol. The Morgan fingerprint density at radius 1 is 1.11 bits per heavy atom. The third kappa shape index (κ3) is 2.97. The van der Waals surface area contributed by atoms with E-state index in [0.29, 0.717) is 39.2 Å². The van der Waals surface area contributed by atoms with E-state index in [-0.39, 0.29) is 17.9 Å². The highest BCUT2D eigenvalue weighted by Gasteiger charge is 2.50. The molecule has 1 aliphatic heterocycles. The maximum Gasteiger partial charge on any atom is 0.409 e. The van der Waals surface area contributed by atoms with Crippen LogP contribution in [0, 0.1) is 11.8 Å². The number of rotatable bonds is 3. The quantitative estimate of drug-likeness (QED) is 0.780. The van der Waals surface area contributed by atoms with Crippen molar-refractivity contribution in [3.8, 4) is 0 Å². The van der Waals surface area contributed by atoms with Crippen LogP contribution < -0.4 is 0 Å². The number of nitrogens with zero attached hydrogens (tertiary/aromatic N) is 2. The molecular formula is C12H18N2O5. The molecular weight excluding hydrogens is 252 g/mol. The van der Waals surface area contributed by atoms with Gasteiger partial charge in [-0.25, -0.2) is 4.79 Å². The molecule has 0 unspecified atom stereocenters. The molecule has 7 heteroatoms. The first-order valence-corrected chi connectivity index (χ1v) is 6.48. The fourth-order valence-electron chi connectivity index (χ4n) is 2.30. The summed E-state index contributed by atoms with van der Waals surface area (Å²) in [4.78, 5) is 37.4. The van der Waals surface area contributed by atoms with Crippen molar-refractivity contribution in [1.29, 1.82) is 0 Å². The van der Waals surface area contributed by atoms with E-state index in [1.54, 1.807) is 16.7 Å². The molecule has 2 amide bonds. The molecule has 1 saturated carbocycles. The summed E-state index contributed by atoms with van der Waals surface area (Å²) in [6.45, 7) is 3.85. The largest absolute Gasteiger partial charge is 0.481 e. The highest BCUT2D eigenvalue weighted by molar-refractivity contribution is 5.89. The van der Waals surface area contributed by atoms with E-state index in [2.05, 4.69) is 0 Å². The number of piperazine rings is 1. The first kappa shape index (κ1) is 13.6. The minimum absolute atomic E-state index is 0.101. The molecule has 0 aromatic heterocycles. The minimum Gasteiger partial charge on any atom is -0.481 e. The van der Waals surface area contributed by atoms with Crippen LogP contribution in [0.3, 0.4) is 0 Å². The lowest BCUT2D eigenvalue weighted by Crippen LogP contribution is -2.51. The van der Waals surface area contributed by atoms with Gasteiger partial charge in [0.25, 0.3) is 0 Å². The van der Waals surface area contributed by atoms with Crippen molar-refractivity contribution in [2.45, 2.75) is 13.3 Å². The number of carbonyl (C=O) groups is 3. The zero-order valence-corrected chi connectivity index (χ0v) is 10.9. The molecule has 0 aromatic carbocycles. The molecule has 0 bridgehead atoms. The van der Waals surface area contributed by atoms with Crippen molar-refractivity contribution in [3.63, 3.8) is 0 Å². The maximum absolute atomic E-state index is 12.0. The third-order valence-corrected chi connectivity index (χ3v) is 3.54. The second-order valence-electron chi connectivity index (χ2n) is 4.80. The van der Waals surface area contributed by atoms with E-state index in [4.69, 9.17) is 9.84 Å². The van der Waals surface area contributed by atoms with Crippen molar-refractivity contribution in [2.75, 3.05) is 32.8 Å². The minimum atomic E-state index is -0.900. The predicted molar refractivity (Wildman–Crippen MR) is 64.4 cm³/mol. The second kappa shape index (κ2) is 5.46. The first-order chi connectivity index (χ1) is 9.04. The van der Waals surface area contributed by atoms with E-state index in [9.17, 15) is 14.4 Å². The van der Waals surface area contributed by atoms with Gasteiger partial charge in [0, 0.05) is 26.2 Å². The third-order valence-electron chi connectivity index (χ3n) is 3.54. The molecule has 2 aliphatic rings. The lowest BCUT2D eigenvalue weighted by Gasteiger charge is -2.34. The summed E-state index contributed by atoms with van der Waals surface area (Å²) < 4.78 is 4.89. The van der Waals surface area contributed by atoms with Crippen LogP contribution in [-0.2, 0) is 14.3 Å². The van der Waals surface area contributed by atoms with Gasteiger partial charge < -0.3 is 19.6 Å². The number of aliphatic carboxylic acids is 1. The van der Waals surface area contributed by atoms with Gasteiger partial charge in [0.2, 0.25) is 5.91 Å². The summed E-state index contributed by atoms with van der Waals surface area (Å²) in [5.41, 5.74) is 0. The standard InChI is InChI=1S/C12H18N2O5/c1-2-19-12(18)14-5-3-13(4-6-14)10(15)8-7-9(8)11(16)17/h8-9H,2-7H2,1H3,(H,16,17)/t8-,9+/m1/s1. The number of carboxylic acids is 1. The number of ether oxygens (including phenoxy) is 1. The van der Waals surface area contributed by atoms with Gasteiger partial charge in [0.1, 0.15) is 0 Å². The molecule has 2 rings (SSSR count). The molecule has 0 radical (unpaired) electrons. The van der Waals surface area contributed by atoms with Crippen LogP contribution in [0.5, 0.6) is 0 Å². The van der Waals surface area contributed by atoms with Gasteiger partial charge in [0.15, 0.2) is 0 Å². The molecule has 1 aliphatic carbocycles. The lowest BCUT2D eigenvalue weighted by molar-refractivity contribution is -0.142. The van der Waals surface area contributed by atoms with Crippen molar-refractivity contribution in [2.24, 2.45) is 11.8 Å². The van der Waals surface area contributed by atoms with Crippen molar-refractivity contribution >= 4 is 18.0 Å². The highest BCUT2D eigenvalue weighted by Crippen LogP contribution is 2.40. The van der Waals surface area contributed by atoms with Crippen LogP contribution in [0.25, 0.3) is 0 Å². The van der Waals surface area contributed by atoms with Crippen LogP contribution in [-0.4, -0.2) is 65.7 Å². The van der Waals surface area contributed by atoms with E-state index < -0.39 is 11.9 Å². The van der Waals surface area contributed by atoms with Crippen molar-refractivity contribution in [3.05, 3.63) is 0 Å². The van der Waals surface area contributed by atoms with Crippen LogP contribution in [0.1, 0.15) is 13.3 Å². The van der Waals surface area contributed by atoms with Crippen LogP contribution >= 0.6 is 0 Å². The van der Waals surface area contributed by atoms with Gasteiger partial charge in [0.05, 0.1) is 18.4 Å². The zero-order chi connectivity index (χ0) is 14.0. The van der Waals surface area contributed by atoms with Gasteiger partial charge >= 0.3 is 12.1 Å². The molecule has 19 heavy (non-hydrogen) atoms. The van der Waals surface area contributed by atoms with E-state index >= 15 is 0 Å². The highest BCUT2D eigenvalue weighted by atomic mass is 16.6. The molecule has 1 N–H and O–H groups in total. The van der Waals surface area contributed by atoms with E-state index in [1.165, 1.54) is 0 Å². The Kier molecular flexibility index (Phi) is 3.92. The van der Waals surface area contributed by atoms with Gasteiger partial charge in [-0.15, -0.1) is 0 Å². The van der Waals surface area contributed by atoms with E-state index in [0.717, 1.165) is 0 Å². The second-order valence-corrected chi connectivity index (χ2v) is 4.80. The number of carbonyl (C=O) groups excluding carboxylic acids is 2. The Balaban J connectivity index is 1.79. The van der Waals surface area contributed by atoms with Crippen molar-refractivity contribution in [1.82, 2.24) is 9.80 Å². The fourth-order valence-corrected chi connectivity index (χ4v) is 2.30. The SMILES string of the molecule is CCOC(=O)N1CCN(C(=O)[C@@H]2C[C@@H]2C(=O)O)CC1. The first-order valence-electron chi connectivity index (χ1n) is 6.48. The topological polar surface area (TPSA) is 87.2 Å². The smallest absolute Gasteiger partial charge is 0.409 e. The Bertz CT molecular complexity index is 390. The van der Waals surface area contributed by atoms with Crippen molar-refractivity contribution < 1.29 is 24.2 Å². The van der Waals surface area contributed by atoms with E-state index in [1.807, 2.05) is 0 Å². The average Bonchev–Trinajstić information content (AvgIpc) is 3.19. The summed E-state index contributed by atoms with van der Waals surface area (Å²) in [5.74, 6) is -1.89. The maximum atomic E-state index is 12.0. The molecule has 7 nitrogen and oxygen atoms in total. The Morgan fingerprint density at radius 3 is 2.16 bits per heavy atom. The zero-order valence-electron chi connectivity index (χ0n) is 10.9. The molecule has 0 aromatic rings. The van der Waals surface area contributed by atoms with Crippen LogP contribution in [0.4, 0.5) is 4.79 Å². The van der Waals surface area contributed by atoms with Gasteiger partial charge in [-0.05, 0) is 13.3 Å². The fraction of sp³-hybridized carbons (Fsp3) is 0.750. The van der Waals surface area contributed by atoms with Gasteiger partial charge in [-0.3, -0.25) is 9.59 Å². The summed E-state index contributed by atoms with van der Waals surface area (Å²) in [6, 6.07) is 0. The van der Waals surface area contributed by atoms with Gasteiger partial charge in [-0.2, -0.15) is 0 Å². The number of hydrogen-bond donors (Lipinski definition) is 1. The summed E-state index contributed by atoms with van der Waals surface area (Å²) in [5, 5.41) is 8.80. The predicted octanol–water partition coefficient (Wildman–Crippen LogP) is 0.00780. The summed E-state index contributed by atoms with van der Waals surface area (Å²) >= 11 is 0. The Morgan fingerprint density at radius 2 is 1.68 bits per heavy atom. The van der Waals surface area contributed by atoms with Gasteiger partial charge in [-0.1, -0.05) is 0 Å². The number of carboxylic acid groups (broad SMARTS) is 1. The average molecular weight is 270 g/mol. The Labute approximate surface area is 111 Å². The molecule has 2 fully saturated rings. The summed E-state index contributed by atoms with van der Waals surface area (Å²) in [6.07, 6.45) is 0.0798. The molecule has 1 saturated heterocycles. The molecule has 106 valence electrons. The Hall–Kier alpha value is -1.79. The van der Waals surface area contributed by atoms with Crippen LogP contribution in [0.15, 0.2) is 0 Å². The normalized spacial score (nSPS) is 25.9. The molecule has 0 spiro atoms. The summed E-state index contributed by atoms with van der Waals surface area (Å²) in [7, 11) is 0. The number of amides is 2. The molecule has 2 atom stereocenters. The number of hydrogen-bond acceptors (Lipinski definition) is 4. The van der Waals surface area contributed by atoms with Crippen LogP contribution in [0.2, 0.25) is 0 Å².